The van der Waals surface area contributed by atoms with Crippen LogP contribution in [0.3, 0.4) is 0 Å². The lowest BCUT2D eigenvalue weighted by molar-refractivity contribution is -0.142. The molecule has 4 heteroatoms. The van der Waals surface area contributed by atoms with Gasteiger partial charge in [0.15, 0.2) is 0 Å². The molecule has 0 bridgehead atoms. The molecule has 0 atom stereocenters. The summed E-state index contributed by atoms with van der Waals surface area (Å²) in [7, 11) is 1.71. The predicted molar refractivity (Wildman–Crippen MR) is 57.1 cm³/mol. The smallest absolute Gasteiger partial charge is 0.243 e. The van der Waals surface area contributed by atoms with Crippen molar-refractivity contribution in [2.45, 2.75) is 25.8 Å². The Kier molecular flexibility index (Phi) is 2.69. The number of rotatable bonds is 3. The summed E-state index contributed by atoms with van der Waals surface area (Å²) < 4.78 is 5.18. The number of nitriles is 1. The molecule has 0 aliphatic heterocycles. The van der Waals surface area contributed by atoms with E-state index in [0.29, 0.717) is 19.4 Å². The van der Waals surface area contributed by atoms with Crippen LogP contribution in [-0.2, 0) is 11.3 Å². The van der Waals surface area contributed by atoms with E-state index in [2.05, 4.69) is 6.07 Å². The summed E-state index contributed by atoms with van der Waals surface area (Å²) in [6.45, 7) is 0.426. The number of hydrogen-bond donors (Lipinski definition) is 0. The normalized spacial score (nSPS) is 17.2. The van der Waals surface area contributed by atoms with Gasteiger partial charge in [0.2, 0.25) is 5.91 Å². The summed E-state index contributed by atoms with van der Waals surface area (Å²) in [6.07, 6.45) is 3.92. The van der Waals surface area contributed by atoms with Gasteiger partial charge in [-0.25, -0.2) is 0 Å². The van der Waals surface area contributed by atoms with Crippen LogP contribution in [-0.4, -0.2) is 17.9 Å². The maximum atomic E-state index is 12.1. The highest BCUT2D eigenvalue weighted by atomic mass is 16.3. The predicted octanol–water partition coefficient (Wildman–Crippen LogP) is 1.93. The van der Waals surface area contributed by atoms with E-state index in [1.807, 2.05) is 6.07 Å². The molecule has 0 saturated heterocycles. The molecule has 2 rings (SSSR count). The Bertz CT molecular complexity index is 413. The van der Waals surface area contributed by atoms with Crippen LogP contribution in [0.1, 0.15) is 25.0 Å². The molecule has 1 aromatic rings. The molecule has 1 aliphatic rings. The van der Waals surface area contributed by atoms with Crippen LogP contribution in [0, 0.1) is 16.7 Å². The topological polar surface area (TPSA) is 57.2 Å². The highest BCUT2D eigenvalue weighted by Crippen LogP contribution is 2.41. The number of hydrogen-bond acceptors (Lipinski definition) is 3. The average molecular weight is 218 g/mol. The van der Waals surface area contributed by atoms with Crippen LogP contribution >= 0.6 is 0 Å². The molecule has 4 nitrogen and oxygen atoms in total. The summed E-state index contributed by atoms with van der Waals surface area (Å²) in [5.41, 5.74) is -0.763. The fourth-order valence-electron chi connectivity index (χ4n) is 1.98. The van der Waals surface area contributed by atoms with Crippen molar-refractivity contribution in [1.29, 1.82) is 5.26 Å². The monoisotopic (exact) mass is 218 g/mol. The molecule has 1 amide bonds. The maximum absolute atomic E-state index is 12.1. The Morgan fingerprint density at radius 3 is 2.88 bits per heavy atom. The van der Waals surface area contributed by atoms with Crippen molar-refractivity contribution in [3.8, 4) is 6.07 Å². The van der Waals surface area contributed by atoms with Crippen LogP contribution in [0.4, 0.5) is 0 Å². The molecule has 0 spiro atoms. The average Bonchev–Trinajstić information content (AvgIpc) is 2.69. The Balaban J connectivity index is 2.02. The third-order valence-electron chi connectivity index (χ3n) is 3.15. The second-order valence-corrected chi connectivity index (χ2v) is 4.29. The van der Waals surface area contributed by atoms with Crippen LogP contribution in [0.15, 0.2) is 22.8 Å². The molecule has 0 unspecified atom stereocenters. The van der Waals surface area contributed by atoms with Crippen molar-refractivity contribution < 1.29 is 9.21 Å². The zero-order valence-electron chi connectivity index (χ0n) is 9.27. The fourth-order valence-corrected chi connectivity index (χ4v) is 1.98. The number of nitrogens with zero attached hydrogens (tertiary/aromatic N) is 2. The lowest BCUT2D eigenvalue weighted by atomic mass is 9.69. The molecule has 0 N–H and O–H groups in total. The lowest BCUT2D eigenvalue weighted by Crippen LogP contribution is -2.45. The SMILES string of the molecule is CN(Cc1ccco1)C(=O)C1(C#N)CCC1. The van der Waals surface area contributed by atoms with Gasteiger partial charge >= 0.3 is 0 Å². The largest absolute Gasteiger partial charge is 0.467 e. The highest BCUT2D eigenvalue weighted by molar-refractivity contribution is 5.86. The van der Waals surface area contributed by atoms with Gasteiger partial charge in [-0.2, -0.15) is 5.26 Å². The van der Waals surface area contributed by atoms with Crippen LogP contribution in [0.25, 0.3) is 0 Å². The number of amides is 1. The second kappa shape index (κ2) is 4.01. The molecule has 1 saturated carbocycles. The molecule has 1 aliphatic carbocycles. The van der Waals surface area contributed by atoms with Gasteiger partial charge in [0.1, 0.15) is 11.2 Å². The lowest BCUT2D eigenvalue weighted by Gasteiger charge is -2.36. The Labute approximate surface area is 94.5 Å². The summed E-state index contributed by atoms with van der Waals surface area (Å²) in [4.78, 5) is 13.6. The molecule has 84 valence electrons. The third-order valence-corrected chi connectivity index (χ3v) is 3.15. The van der Waals surface area contributed by atoms with Crippen molar-refractivity contribution in [2.24, 2.45) is 5.41 Å². The van der Waals surface area contributed by atoms with Gasteiger partial charge in [-0.05, 0) is 31.4 Å². The van der Waals surface area contributed by atoms with E-state index in [1.54, 1.807) is 24.3 Å². The quantitative estimate of drug-likeness (QED) is 0.778. The number of carbonyl (C=O) groups is 1. The minimum Gasteiger partial charge on any atom is -0.467 e. The van der Waals surface area contributed by atoms with Crippen molar-refractivity contribution in [3.63, 3.8) is 0 Å². The van der Waals surface area contributed by atoms with E-state index in [0.717, 1.165) is 12.2 Å². The first-order chi connectivity index (χ1) is 7.68. The molecule has 1 heterocycles. The summed E-state index contributed by atoms with van der Waals surface area (Å²) >= 11 is 0. The molecule has 1 aromatic heterocycles. The summed E-state index contributed by atoms with van der Waals surface area (Å²) in [5.74, 6) is 0.654. The van der Waals surface area contributed by atoms with Crippen molar-refractivity contribution in [3.05, 3.63) is 24.2 Å². The van der Waals surface area contributed by atoms with Crippen molar-refractivity contribution in [2.75, 3.05) is 7.05 Å². The van der Waals surface area contributed by atoms with Gasteiger partial charge < -0.3 is 9.32 Å². The first-order valence-electron chi connectivity index (χ1n) is 5.37. The van der Waals surface area contributed by atoms with Crippen LogP contribution in [0.2, 0.25) is 0 Å². The summed E-state index contributed by atoms with van der Waals surface area (Å²) in [5, 5.41) is 9.06. The van der Waals surface area contributed by atoms with Gasteiger partial charge in [0, 0.05) is 7.05 Å². The van der Waals surface area contributed by atoms with E-state index < -0.39 is 5.41 Å². The standard InChI is InChI=1S/C12H14N2O2/c1-14(8-10-4-2-7-16-10)11(15)12(9-13)5-3-6-12/h2,4,7H,3,5-6,8H2,1H3. The van der Waals surface area contributed by atoms with Crippen LogP contribution < -0.4 is 0 Å². The zero-order chi connectivity index (χ0) is 11.6. The Morgan fingerprint density at radius 2 is 2.44 bits per heavy atom. The maximum Gasteiger partial charge on any atom is 0.243 e. The van der Waals surface area contributed by atoms with E-state index >= 15 is 0 Å². The number of carbonyl (C=O) groups excluding carboxylic acids is 1. The van der Waals surface area contributed by atoms with E-state index in [9.17, 15) is 4.79 Å². The first kappa shape index (κ1) is 10.7. The first-order valence-corrected chi connectivity index (χ1v) is 5.37. The minimum absolute atomic E-state index is 0.0855. The summed E-state index contributed by atoms with van der Waals surface area (Å²) in [6, 6.07) is 5.77. The number of furan rings is 1. The molecular weight excluding hydrogens is 204 g/mol. The fraction of sp³-hybridized carbons (Fsp3) is 0.500. The van der Waals surface area contributed by atoms with E-state index in [-0.39, 0.29) is 5.91 Å². The third kappa shape index (κ3) is 1.69. The second-order valence-electron chi connectivity index (χ2n) is 4.29. The Morgan fingerprint density at radius 1 is 1.69 bits per heavy atom. The van der Waals surface area contributed by atoms with E-state index in [4.69, 9.17) is 9.68 Å². The molecule has 16 heavy (non-hydrogen) atoms. The van der Waals surface area contributed by atoms with Gasteiger partial charge in [-0.1, -0.05) is 0 Å². The van der Waals surface area contributed by atoms with Gasteiger partial charge in [0.25, 0.3) is 0 Å². The van der Waals surface area contributed by atoms with Gasteiger partial charge in [-0.15, -0.1) is 0 Å². The zero-order valence-corrected chi connectivity index (χ0v) is 9.27. The molecule has 0 aromatic carbocycles. The van der Waals surface area contributed by atoms with Crippen molar-refractivity contribution in [1.82, 2.24) is 4.90 Å². The molecule has 1 fully saturated rings. The van der Waals surface area contributed by atoms with Crippen molar-refractivity contribution >= 4 is 5.91 Å². The van der Waals surface area contributed by atoms with Crippen LogP contribution in [0.5, 0.6) is 0 Å². The minimum atomic E-state index is -0.763. The Hall–Kier alpha value is -1.76. The van der Waals surface area contributed by atoms with E-state index in [1.165, 1.54) is 0 Å². The van der Waals surface area contributed by atoms with Gasteiger partial charge in [0.05, 0.1) is 18.9 Å². The highest BCUT2D eigenvalue weighted by Gasteiger charge is 2.46. The molecular formula is C12H14N2O2. The molecule has 0 radical (unpaired) electrons. The van der Waals surface area contributed by atoms with Gasteiger partial charge in [-0.3, -0.25) is 4.79 Å².